The maximum atomic E-state index is 12.9. The average molecular weight is 303 g/mol. The normalized spacial score (nSPS) is 15.2. The first-order valence-corrected chi connectivity index (χ1v) is 7.32. The van der Waals surface area contributed by atoms with Crippen molar-refractivity contribution < 1.29 is 13.7 Å². The molecule has 2 heterocycles. The van der Waals surface area contributed by atoms with Gasteiger partial charge in [-0.2, -0.15) is 0 Å². The minimum Gasteiger partial charge on any atom is -0.360 e. The first-order valence-electron chi connectivity index (χ1n) is 7.32. The molecule has 0 bridgehead atoms. The van der Waals surface area contributed by atoms with Crippen LogP contribution in [0.4, 0.5) is 10.2 Å². The lowest BCUT2D eigenvalue weighted by molar-refractivity contribution is -0.130. The van der Waals surface area contributed by atoms with Crippen LogP contribution in [0.5, 0.6) is 0 Å². The van der Waals surface area contributed by atoms with Crippen LogP contribution in [0, 0.1) is 12.7 Å². The Balaban J connectivity index is 1.54. The van der Waals surface area contributed by atoms with E-state index >= 15 is 0 Å². The number of benzene rings is 1. The molecule has 0 N–H and O–H groups in total. The molecule has 1 amide bonds. The van der Waals surface area contributed by atoms with Crippen LogP contribution >= 0.6 is 0 Å². The van der Waals surface area contributed by atoms with Crippen LogP contribution in [0.2, 0.25) is 0 Å². The smallest absolute Gasteiger partial charge is 0.227 e. The van der Waals surface area contributed by atoms with E-state index in [0.717, 1.165) is 30.2 Å². The van der Waals surface area contributed by atoms with Gasteiger partial charge in [0.1, 0.15) is 11.6 Å². The Morgan fingerprint density at radius 3 is 2.50 bits per heavy atom. The summed E-state index contributed by atoms with van der Waals surface area (Å²) in [5.74, 6) is 1.39. The lowest BCUT2D eigenvalue weighted by Gasteiger charge is -2.34. The molecule has 2 aromatic rings. The summed E-state index contributed by atoms with van der Waals surface area (Å²) in [7, 11) is 0. The Labute approximate surface area is 128 Å². The van der Waals surface area contributed by atoms with E-state index in [1.807, 2.05) is 17.9 Å². The third-order valence-corrected chi connectivity index (χ3v) is 3.84. The van der Waals surface area contributed by atoms with E-state index in [1.165, 1.54) is 12.1 Å². The first-order chi connectivity index (χ1) is 10.6. The number of hydrogen-bond donors (Lipinski definition) is 0. The van der Waals surface area contributed by atoms with Crippen molar-refractivity contribution in [3.8, 4) is 0 Å². The van der Waals surface area contributed by atoms with Crippen molar-refractivity contribution >= 4 is 11.7 Å². The molecule has 22 heavy (non-hydrogen) atoms. The number of piperazine rings is 1. The Morgan fingerprint density at radius 1 is 1.23 bits per heavy atom. The molecular weight excluding hydrogens is 285 g/mol. The molecule has 1 aliphatic rings. The van der Waals surface area contributed by atoms with Crippen molar-refractivity contribution in [1.29, 1.82) is 0 Å². The number of aromatic nitrogens is 1. The molecule has 1 aliphatic heterocycles. The highest BCUT2D eigenvalue weighted by molar-refractivity contribution is 5.79. The lowest BCUT2D eigenvalue weighted by Crippen LogP contribution is -2.49. The fraction of sp³-hybridized carbons (Fsp3) is 0.375. The number of nitrogens with zero attached hydrogens (tertiary/aromatic N) is 3. The lowest BCUT2D eigenvalue weighted by atomic mass is 10.1. The van der Waals surface area contributed by atoms with Crippen molar-refractivity contribution in [3.63, 3.8) is 0 Å². The summed E-state index contributed by atoms with van der Waals surface area (Å²) in [4.78, 5) is 16.2. The van der Waals surface area contributed by atoms with E-state index in [9.17, 15) is 9.18 Å². The molecule has 0 atom stereocenters. The van der Waals surface area contributed by atoms with Gasteiger partial charge in [-0.15, -0.1) is 0 Å². The second-order valence-electron chi connectivity index (χ2n) is 5.47. The molecule has 1 aromatic heterocycles. The summed E-state index contributed by atoms with van der Waals surface area (Å²) in [5, 5.41) is 4.00. The Morgan fingerprint density at radius 2 is 1.91 bits per heavy atom. The number of rotatable bonds is 3. The van der Waals surface area contributed by atoms with Gasteiger partial charge in [-0.25, -0.2) is 4.39 Å². The number of hydrogen-bond acceptors (Lipinski definition) is 4. The van der Waals surface area contributed by atoms with Gasteiger partial charge in [0.05, 0.1) is 6.42 Å². The Bertz CT molecular complexity index is 646. The van der Waals surface area contributed by atoms with Gasteiger partial charge in [-0.05, 0) is 24.6 Å². The Hall–Kier alpha value is -2.37. The van der Waals surface area contributed by atoms with Crippen LogP contribution in [-0.4, -0.2) is 42.1 Å². The summed E-state index contributed by atoms with van der Waals surface area (Å²) < 4.78 is 17.9. The molecule has 0 spiro atoms. The molecule has 0 saturated carbocycles. The maximum absolute atomic E-state index is 12.9. The van der Waals surface area contributed by atoms with Crippen molar-refractivity contribution in [3.05, 3.63) is 47.5 Å². The van der Waals surface area contributed by atoms with Crippen LogP contribution in [0.25, 0.3) is 0 Å². The molecule has 0 aliphatic carbocycles. The monoisotopic (exact) mass is 303 g/mol. The largest absolute Gasteiger partial charge is 0.360 e. The fourth-order valence-electron chi connectivity index (χ4n) is 2.58. The van der Waals surface area contributed by atoms with E-state index < -0.39 is 0 Å². The zero-order valence-corrected chi connectivity index (χ0v) is 12.5. The van der Waals surface area contributed by atoms with Gasteiger partial charge in [0.15, 0.2) is 5.82 Å². The van der Waals surface area contributed by atoms with Gasteiger partial charge in [0.25, 0.3) is 0 Å². The van der Waals surface area contributed by atoms with Gasteiger partial charge in [-0.3, -0.25) is 4.79 Å². The van der Waals surface area contributed by atoms with Crippen molar-refractivity contribution in [2.75, 3.05) is 31.1 Å². The zero-order chi connectivity index (χ0) is 15.5. The molecule has 1 aromatic carbocycles. The predicted octanol–water partition coefficient (Wildman–Crippen LogP) is 2.01. The summed E-state index contributed by atoms with van der Waals surface area (Å²) >= 11 is 0. The molecule has 1 fully saturated rings. The number of amides is 1. The van der Waals surface area contributed by atoms with Crippen LogP contribution in [-0.2, 0) is 11.2 Å². The molecular formula is C16H18FN3O2. The van der Waals surface area contributed by atoms with Gasteiger partial charge < -0.3 is 14.3 Å². The predicted molar refractivity (Wildman–Crippen MR) is 80.1 cm³/mol. The van der Waals surface area contributed by atoms with E-state index in [2.05, 4.69) is 10.1 Å². The quantitative estimate of drug-likeness (QED) is 0.870. The number of carbonyl (C=O) groups is 1. The molecule has 5 nitrogen and oxygen atoms in total. The fourth-order valence-corrected chi connectivity index (χ4v) is 2.58. The van der Waals surface area contributed by atoms with Gasteiger partial charge >= 0.3 is 0 Å². The number of halogens is 1. The summed E-state index contributed by atoms with van der Waals surface area (Å²) in [6, 6.07) is 7.97. The highest BCUT2D eigenvalue weighted by Gasteiger charge is 2.22. The third-order valence-electron chi connectivity index (χ3n) is 3.84. The van der Waals surface area contributed by atoms with E-state index in [-0.39, 0.29) is 11.7 Å². The maximum Gasteiger partial charge on any atom is 0.227 e. The topological polar surface area (TPSA) is 49.6 Å². The zero-order valence-electron chi connectivity index (χ0n) is 12.5. The number of aryl methyl sites for hydroxylation is 1. The van der Waals surface area contributed by atoms with Crippen LogP contribution in [0.3, 0.4) is 0 Å². The third kappa shape index (κ3) is 3.27. The molecule has 0 unspecified atom stereocenters. The first kappa shape index (κ1) is 14.6. The molecule has 0 radical (unpaired) electrons. The summed E-state index contributed by atoms with van der Waals surface area (Å²) in [5.41, 5.74) is 0.834. The molecule has 116 valence electrons. The molecule has 3 rings (SSSR count). The highest BCUT2D eigenvalue weighted by Crippen LogP contribution is 2.16. The van der Waals surface area contributed by atoms with Crippen molar-refractivity contribution in [2.24, 2.45) is 0 Å². The number of carbonyl (C=O) groups excluding carboxylic acids is 1. The van der Waals surface area contributed by atoms with Gasteiger partial charge in [0, 0.05) is 32.2 Å². The van der Waals surface area contributed by atoms with Crippen LogP contribution < -0.4 is 4.90 Å². The van der Waals surface area contributed by atoms with E-state index in [4.69, 9.17) is 4.52 Å². The molecule has 6 heteroatoms. The van der Waals surface area contributed by atoms with Crippen molar-refractivity contribution in [2.45, 2.75) is 13.3 Å². The number of anilines is 1. The average Bonchev–Trinajstić information content (AvgIpc) is 2.96. The highest BCUT2D eigenvalue weighted by atomic mass is 19.1. The van der Waals surface area contributed by atoms with Crippen molar-refractivity contribution in [1.82, 2.24) is 10.1 Å². The van der Waals surface area contributed by atoms with Crippen LogP contribution in [0.1, 0.15) is 11.3 Å². The van der Waals surface area contributed by atoms with Gasteiger partial charge in [-0.1, -0.05) is 17.3 Å². The minimum absolute atomic E-state index is 0.0718. The SMILES string of the molecule is Cc1cc(N2CCN(C(=O)Cc3ccc(F)cc3)CC2)no1. The molecule has 1 saturated heterocycles. The van der Waals surface area contributed by atoms with Gasteiger partial charge in [0.2, 0.25) is 5.91 Å². The standard InChI is InChI=1S/C16H18FN3O2/c1-12-10-15(18-22-12)19-6-8-20(9-7-19)16(21)11-13-2-4-14(17)5-3-13/h2-5,10H,6-9,11H2,1H3. The second kappa shape index (κ2) is 6.17. The van der Waals surface area contributed by atoms with E-state index in [1.54, 1.807) is 12.1 Å². The summed E-state index contributed by atoms with van der Waals surface area (Å²) in [6.45, 7) is 4.65. The second-order valence-corrected chi connectivity index (χ2v) is 5.47. The Kier molecular flexibility index (Phi) is 4.09. The summed E-state index contributed by atoms with van der Waals surface area (Å²) in [6.07, 6.45) is 0.309. The van der Waals surface area contributed by atoms with Crippen LogP contribution in [0.15, 0.2) is 34.9 Å². The minimum atomic E-state index is -0.285. The van der Waals surface area contributed by atoms with E-state index in [0.29, 0.717) is 19.5 Å².